The third kappa shape index (κ3) is 13.9. The molecule has 3 aromatic carbocycles. The highest BCUT2D eigenvalue weighted by Crippen LogP contribution is 2.45. The lowest BCUT2D eigenvalue weighted by Gasteiger charge is -2.20. The summed E-state index contributed by atoms with van der Waals surface area (Å²) in [6.07, 6.45) is 22.3. The molecule has 0 heterocycles. The summed E-state index contributed by atoms with van der Waals surface area (Å²) in [5.41, 5.74) is 4.65. The quantitative estimate of drug-likeness (QED) is 0.0842. The van der Waals surface area contributed by atoms with Crippen LogP contribution in [0.4, 0.5) is 0 Å². The second-order valence-corrected chi connectivity index (χ2v) is 12.6. The van der Waals surface area contributed by atoms with Crippen LogP contribution in [0, 0.1) is 0 Å². The van der Waals surface area contributed by atoms with Crippen molar-refractivity contribution in [2.45, 2.75) is 136 Å². The molecular weight excluding hydrogens is 552 g/mol. The van der Waals surface area contributed by atoms with E-state index in [1.54, 1.807) is 0 Å². The van der Waals surface area contributed by atoms with Gasteiger partial charge in [0.05, 0.1) is 19.8 Å². The number of hydrogen-bond acceptors (Lipinski definition) is 3. The first-order chi connectivity index (χ1) is 22.3. The van der Waals surface area contributed by atoms with Gasteiger partial charge in [-0.25, -0.2) is 0 Å². The Morgan fingerprint density at radius 1 is 0.356 bits per heavy atom. The Balaban J connectivity index is 1.81. The van der Waals surface area contributed by atoms with Crippen LogP contribution in [0.2, 0.25) is 0 Å². The number of unbranched alkanes of at least 4 members (excludes halogenated alkanes) is 15. The molecular formula is C42H62O3. The molecule has 0 bridgehead atoms. The molecule has 0 aliphatic rings. The van der Waals surface area contributed by atoms with Gasteiger partial charge in [-0.2, -0.15) is 0 Å². The van der Waals surface area contributed by atoms with Gasteiger partial charge in [-0.3, -0.25) is 0 Å². The van der Waals surface area contributed by atoms with E-state index in [0.29, 0.717) is 19.8 Å². The highest BCUT2D eigenvalue weighted by atomic mass is 16.5. The second kappa shape index (κ2) is 23.4. The number of ether oxygens (including phenoxy) is 3. The van der Waals surface area contributed by atoms with E-state index in [4.69, 9.17) is 14.2 Å². The molecule has 0 aliphatic carbocycles. The van der Waals surface area contributed by atoms with E-state index < -0.39 is 0 Å². The van der Waals surface area contributed by atoms with Crippen LogP contribution in [0.5, 0.6) is 17.2 Å². The first kappa shape index (κ1) is 36.5. The van der Waals surface area contributed by atoms with Crippen LogP contribution < -0.4 is 14.2 Å². The fourth-order valence-electron chi connectivity index (χ4n) is 5.82. The summed E-state index contributed by atoms with van der Waals surface area (Å²) in [5, 5.41) is 0. The largest absolute Gasteiger partial charge is 0.490 e. The lowest BCUT2D eigenvalue weighted by molar-refractivity contribution is 0.235. The van der Waals surface area contributed by atoms with Gasteiger partial charge in [-0.1, -0.05) is 172 Å². The minimum Gasteiger partial charge on any atom is -0.490 e. The van der Waals surface area contributed by atoms with Crippen molar-refractivity contribution in [3.05, 3.63) is 66.7 Å². The fourth-order valence-corrected chi connectivity index (χ4v) is 5.82. The first-order valence-corrected chi connectivity index (χ1v) is 18.5. The maximum absolute atomic E-state index is 6.66. The van der Waals surface area contributed by atoms with Crippen molar-refractivity contribution in [1.82, 2.24) is 0 Å². The molecule has 0 atom stereocenters. The van der Waals surface area contributed by atoms with Crippen molar-refractivity contribution in [2.75, 3.05) is 19.8 Å². The molecule has 0 saturated carbocycles. The monoisotopic (exact) mass is 614 g/mol. The summed E-state index contributed by atoms with van der Waals surface area (Å²) in [4.78, 5) is 0. The highest BCUT2D eigenvalue weighted by molar-refractivity contribution is 5.78. The zero-order chi connectivity index (χ0) is 31.8. The SMILES string of the molecule is CCCCCCCCOc1ccc(-c2ccc(-c3ccccc3)cc2)c(OCCCCCCCC)c1OCCCCCCCC. The molecule has 0 fully saturated rings. The van der Waals surface area contributed by atoms with Gasteiger partial charge in [-0.15, -0.1) is 0 Å². The van der Waals surface area contributed by atoms with Crippen molar-refractivity contribution < 1.29 is 14.2 Å². The molecule has 0 amide bonds. The number of hydrogen-bond donors (Lipinski definition) is 0. The van der Waals surface area contributed by atoms with Crippen molar-refractivity contribution >= 4 is 0 Å². The molecule has 3 aromatic rings. The van der Waals surface area contributed by atoms with Crippen LogP contribution in [0.15, 0.2) is 66.7 Å². The Morgan fingerprint density at radius 2 is 0.778 bits per heavy atom. The Labute approximate surface area is 276 Å². The van der Waals surface area contributed by atoms with Crippen LogP contribution in [0.3, 0.4) is 0 Å². The molecule has 3 heteroatoms. The average molecular weight is 615 g/mol. The fraction of sp³-hybridized carbons (Fsp3) is 0.571. The van der Waals surface area contributed by atoms with Crippen molar-refractivity contribution in [1.29, 1.82) is 0 Å². The maximum atomic E-state index is 6.66. The predicted octanol–water partition coefficient (Wildman–Crippen LogP) is 13.2. The van der Waals surface area contributed by atoms with Crippen molar-refractivity contribution in [3.8, 4) is 39.5 Å². The zero-order valence-corrected chi connectivity index (χ0v) is 28.9. The predicted molar refractivity (Wildman–Crippen MR) is 194 cm³/mol. The van der Waals surface area contributed by atoms with Gasteiger partial charge in [0, 0.05) is 5.56 Å². The van der Waals surface area contributed by atoms with E-state index in [0.717, 1.165) is 47.6 Å². The molecule has 45 heavy (non-hydrogen) atoms. The van der Waals surface area contributed by atoms with Crippen LogP contribution in [0.25, 0.3) is 22.3 Å². The van der Waals surface area contributed by atoms with Crippen LogP contribution >= 0.6 is 0 Å². The third-order valence-corrected chi connectivity index (χ3v) is 8.62. The molecule has 0 spiro atoms. The van der Waals surface area contributed by atoms with Crippen LogP contribution in [-0.4, -0.2) is 19.8 Å². The first-order valence-electron chi connectivity index (χ1n) is 18.5. The van der Waals surface area contributed by atoms with Crippen LogP contribution in [0.1, 0.15) is 136 Å². The number of benzene rings is 3. The maximum Gasteiger partial charge on any atom is 0.204 e. The topological polar surface area (TPSA) is 27.7 Å². The minimum atomic E-state index is 0.684. The summed E-state index contributed by atoms with van der Waals surface area (Å²) in [6.45, 7) is 8.89. The molecule has 0 N–H and O–H groups in total. The Morgan fingerprint density at radius 3 is 1.31 bits per heavy atom. The van der Waals surface area contributed by atoms with Gasteiger partial charge in [0.1, 0.15) is 0 Å². The van der Waals surface area contributed by atoms with Gasteiger partial charge in [-0.05, 0) is 48.1 Å². The molecule has 248 valence electrons. The van der Waals surface area contributed by atoms with Gasteiger partial charge in [0.15, 0.2) is 11.5 Å². The Bertz CT molecular complexity index is 1140. The van der Waals surface area contributed by atoms with E-state index >= 15 is 0 Å². The summed E-state index contributed by atoms with van der Waals surface area (Å²) in [6, 6.07) is 23.7. The van der Waals surface area contributed by atoms with Crippen molar-refractivity contribution in [2.24, 2.45) is 0 Å². The average Bonchev–Trinajstić information content (AvgIpc) is 3.08. The van der Waals surface area contributed by atoms with E-state index in [1.807, 2.05) is 0 Å². The normalized spacial score (nSPS) is 11.1. The second-order valence-electron chi connectivity index (χ2n) is 12.6. The summed E-state index contributed by atoms with van der Waals surface area (Å²) >= 11 is 0. The van der Waals surface area contributed by atoms with Crippen molar-refractivity contribution in [3.63, 3.8) is 0 Å². The lowest BCUT2D eigenvalue weighted by Crippen LogP contribution is -2.07. The highest BCUT2D eigenvalue weighted by Gasteiger charge is 2.20. The smallest absolute Gasteiger partial charge is 0.204 e. The molecule has 3 nitrogen and oxygen atoms in total. The van der Waals surface area contributed by atoms with Gasteiger partial charge < -0.3 is 14.2 Å². The van der Waals surface area contributed by atoms with Gasteiger partial charge in [0.2, 0.25) is 5.75 Å². The van der Waals surface area contributed by atoms with Gasteiger partial charge >= 0.3 is 0 Å². The van der Waals surface area contributed by atoms with E-state index in [-0.39, 0.29) is 0 Å². The van der Waals surface area contributed by atoms with Gasteiger partial charge in [0.25, 0.3) is 0 Å². The molecule has 0 radical (unpaired) electrons. The Hall–Kier alpha value is -2.94. The molecule has 0 unspecified atom stereocenters. The zero-order valence-electron chi connectivity index (χ0n) is 28.9. The summed E-state index contributed by atoms with van der Waals surface area (Å²) < 4.78 is 19.7. The Kier molecular flexibility index (Phi) is 19.0. The van der Waals surface area contributed by atoms with E-state index in [1.165, 1.54) is 107 Å². The summed E-state index contributed by atoms with van der Waals surface area (Å²) in [5.74, 6) is 2.43. The van der Waals surface area contributed by atoms with E-state index in [2.05, 4.69) is 87.5 Å². The van der Waals surface area contributed by atoms with E-state index in [9.17, 15) is 0 Å². The standard InChI is InChI=1S/C42H62O3/c1-4-7-10-13-16-22-33-43-40-32-31-39(38-29-27-37(28-30-38)36-25-20-19-21-26-36)41(44-34-23-17-14-11-8-5-2)42(40)45-35-24-18-15-12-9-6-3/h19-21,25-32H,4-18,22-24,33-35H2,1-3H3. The molecule has 0 aliphatic heterocycles. The summed E-state index contributed by atoms with van der Waals surface area (Å²) in [7, 11) is 0. The third-order valence-electron chi connectivity index (χ3n) is 8.62. The number of rotatable bonds is 26. The van der Waals surface area contributed by atoms with Crippen LogP contribution in [-0.2, 0) is 0 Å². The molecule has 3 rings (SSSR count). The minimum absolute atomic E-state index is 0.684. The molecule has 0 aromatic heterocycles. The lowest BCUT2D eigenvalue weighted by atomic mass is 9.99. The molecule has 0 saturated heterocycles.